The molecule has 0 spiro atoms. The van der Waals surface area contributed by atoms with E-state index in [1.807, 2.05) is 0 Å². The fourth-order valence-electron chi connectivity index (χ4n) is 5.45. The molecule has 1 saturated heterocycles. The van der Waals surface area contributed by atoms with E-state index in [1.54, 1.807) is 23.1 Å². The molecule has 1 aliphatic carbocycles. The largest absolute Gasteiger partial charge is 0.326 e. The second-order valence-corrected chi connectivity index (χ2v) is 9.62. The van der Waals surface area contributed by atoms with Crippen LogP contribution in [0.4, 0.5) is 16.2 Å². The van der Waals surface area contributed by atoms with Crippen molar-refractivity contribution < 1.29 is 19.2 Å². The van der Waals surface area contributed by atoms with E-state index in [-0.39, 0.29) is 30.8 Å². The predicted octanol–water partition coefficient (Wildman–Crippen LogP) is 3.31. The zero-order chi connectivity index (χ0) is 23.4. The van der Waals surface area contributed by atoms with Gasteiger partial charge in [-0.25, -0.2) is 4.79 Å². The minimum absolute atomic E-state index is 0.184. The van der Waals surface area contributed by atoms with Gasteiger partial charge in [0.1, 0.15) is 6.04 Å². The van der Waals surface area contributed by atoms with Crippen molar-refractivity contribution >= 4 is 35.1 Å². The average molecular weight is 459 g/mol. The van der Waals surface area contributed by atoms with Gasteiger partial charge in [0.15, 0.2) is 0 Å². The molecular weight excluding hydrogens is 432 g/mol. The normalized spacial score (nSPS) is 21.8. The minimum atomic E-state index is -0.651. The highest BCUT2D eigenvalue weighted by Crippen LogP contribution is 2.40. The van der Waals surface area contributed by atoms with E-state index in [0.717, 1.165) is 17.7 Å². The second kappa shape index (κ2) is 7.97. The Hall–Kier alpha value is -3.68. The third kappa shape index (κ3) is 3.45. The number of nitrogens with zero attached hydrogens (tertiary/aromatic N) is 2. The van der Waals surface area contributed by atoms with Gasteiger partial charge < -0.3 is 10.2 Å². The van der Waals surface area contributed by atoms with Gasteiger partial charge in [-0.3, -0.25) is 24.6 Å². The Morgan fingerprint density at radius 3 is 2.59 bits per heavy atom. The number of hydrogen-bond donors (Lipinski definition) is 2. The van der Waals surface area contributed by atoms with E-state index in [2.05, 4.69) is 28.8 Å². The lowest BCUT2D eigenvalue weighted by Gasteiger charge is -2.29. The van der Waals surface area contributed by atoms with Crippen molar-refractivity contribution in [3.63, 3.8) is 0 Å². The number of carbonyl (C=O) groups is 4. The molecule has 8 heteroatoms. The Balaban J connectivity index is 1.17. The first-order chi connectivity index (χ1) is 16.5. The van der Waals surface area contributed by atoms with Crippen LogP contribution in [0, 0.1) is 0 Å². The van der Waals surface area contributed by atoms with Crippen LogP contribution in [0.15, 0.2) is 36.4 Å². The van der Waals surface area contributed by atoms with E-state index in [4.69, 9.17) is 0 Å². The van der Waals surface area contributed by atoms with Gasteiger partial charge in [-0.1, -0.05) is 18.6 Å². The van der Waals surface area contributed by atoms with Crippen LogP contribution >= 0.6 is 0 Å². The Labute approximate surface area is 197 Å². The summed E-state index contributed by atoms with van der Waals surface area (Å²) >= 11 is 0. The molecule has 2 N–H and O–H groups in total. The summed E-state index contributed by atoms with van der Waals surface area (Å²) in [6, 6.07) is 10.9. The van der Waals surface area contributed by atoms with E-state index < -0.39 is 11.9 Å². The van der Waals surface area contributed by atoms with Gasteiger partial charge in [-0.15, -0.1) is 0 Å². The summed E-state index contributed by atoms with van der Waals surface area (Å²) in [5, 5.41) is 5.30. The molecule has 3 aliphatic heterocycles. The first kappa shape index (κ1) is 20.9. The van der Waals surface area contributed by atoms with E-state index in [9.17, 15) is 19.2 Å². The number of fused-ring (bicyclic) bond motifs is 2. The molecule has 2 aromatic carbocycles. The Morgan fingerprint density at radius 2 is 1.82 bits per heavy atom. The van der Waals surface area contributed by atoms with Gasteiger partial charge in [0.05, 0.1) is 0 Å². The minimum Gasteiger partial charge on any atom is -0.322 e. The van der Waals surface area contributed by atoms with Crippen molar-refractivity contribution in [1.29, 1.82) is 0 Å². The fraction of sp³-hybridized carbons (Fsp3) is 0.385. The van der Waals surface area contributed by atoms with Crippen LogP contribution in [0.1, 0.15) is 65.1 Å². The van der Waals surface area contributed by atoms with Crippen molar-refractivity contribution in [1.82, 2.24) is 10.2 Å². The number of imide groups is 1. The molecule has 0 bridgehead atoms. The maximum atomic E-state index is 13.1. The molecule has 2 aromatic rings. The zero-order valence-electron chi connectivity index (χ0n) is 18.8. The highest BCUT2D eigenvalue weighted by molar-refractivity contribution is 6.06. The Morgan fingerprint density at radius 1 is 0.971 bits per heavy atom. The average Bonchev–Trinajstić information content (AvgIpc) is 3.33. The molecule has 5 amide bonds. The predicted molar refractivity (Wildman–Crippen MR) is 126 cm³/mol. The molecule has 4 aliphatic rings. The summed E-state index contributed by atoms with van der Waals surface area (Å²) in [5.74, 6) is -0.352. The molecule has 1 unspecified atom stereocenters. The summed E-state index contributed by atoms with van der Waals surface area (Å²) in [6.07, 6.45) is 5.09. The summed E-state index contributed by atoms with van der Waals surface area (Å²) in [5.41, 5.74) is 5.40. The van der Waals surface area contributed by atoms with Crippen LogP contribution in [-0.2, 0) is 22.6 Å². The molecule has 1 atom stereocenters. The number of urea groups is 1. The van der Waals surface area contributed by atoms with Crippen LogP contribution in [-0.4, -0.2) is 41.2 Å². The quantitative estimate of drug-likeness (QED) is 0.690. The summed E-state index contributed by atoms with van der Waals surface area (Å²) in [4.78, 5) is 53.0. The number of rotatable bonds is 3. The molecule has 3 heterocycles. The van der Waals surface area contributed by atoms with E-state index in [1.165, 1.54) is 35.3 Å². The smallest absolute Gasteiger partial charge is 0.322 e. The summed E-state index contributed by atoms with van der Waals surface area (Å²) < 4.78 is 0. The lowest BCUT2D eigenvalue weighted by atomic mass is 9.80. The van der Waals surface area contributed by atoms with Gasteiger partial charge in [0.2, 0.25) is 11.8 Å². The number of nitrogens with one attached hydrogen (secondary N) is 2. The van der Waals surface area contributed by atoms with Crippen molar-refractivity contribution in [3.05, 3.63) is 58.7 Å². The fourth-order valence-corrected chi connectivity index (χ4v) is 5.45. The van der Waals surface area contributed by atoms with Gasteiger partial charge in [-0.05, 0) is 72.6 Å². The molecule has 8 nitrogen and oxygen atoms in total. The first-order valence-corrected chi connectivity index (χ1v) is 12.0. The monoisotopic (exact) mass is 458 g/mol. The number of piperidine rings is 1. The highest BCUT2D eigenvalue weighted by atomic mass is 16.2. The molecule has 1 saturated carbocycles. The van der Waals surface area contributed by atoms with Gasteiger partial charge in [0.25, 0.3) is 5.91 Å². The molecular formula is C26H26N4O4. The SMILES string of the molecule is O=C1CCC(N2Cc3cc(NC(=O)N4CCc5ccc(C6CCC6)cc54)ccc3C2=O)C(=O)N1. The lowest BCUT2D eigenvalue weighted by Crippen LogP contribution is -2.52. The number of hydrogen-bond acceptors (Lipinski definition) is 4. The lowest BCUT2D eigenvalue weighted by molar-refractivity contribution is -0.136. The molecule has 2 fully saturated rings. The van der Waals surface area contributed by atoms with Crippen LogP contribution in [0.5, 0.6) is 0 Å². The standard InChI is InChI=1S/C26H26N4O4/c31-23-9-8-21(24(32)28-23)30-14-18-12-19(6-7-20(18)25(30)33)27-26(34)29-11-10-16-4-5-17(13-22(16)29)15-2-1-3-15/h4-7,12-13,15,21H,1-3,8-11,14H2,(H,27,34)(H,28,31,32). The molecule has 174 valence electrons. The third-order valence-electron chi connectivity index (χ3n) is 7.60. The van der Waals surface area contributed by atoms with Crippen molar-refractivity contribution in [2.24, 2.45) is 0 Å². The zero-order valence-corrected chi connectivity index (χ0v) is 18.8. The van der Waals surface area contributed by atoms with Crippen LogP contribution in [0.25, 0.3) is 0 Å². The molecule has 0 aromatic heterocycles. The Kier molecular flexibility index (Phi) is 4.90. The first-order valence-electron chi connectivity index (χ1n) is 12.0. The van der Waals surface area contributed by atoms with E-state index in [0.29, 0.717) is 30.1 Å². The molecule has 6 rings (SSSR count). The van der Waals surface area contributed by atoms with Gasteiger partial charge >= 0.3 is 6.03 Å². The van der Waals surface area contributed by atoms with Crippen molar-refractivity contribution in [3.8, 4) is 0 Å². The van der Waals surface area contributed by atoms with Crippen LogP contribution < -0.4 is 15.5 Å². The summed E-state index contributed by atoms with van der Waals surface area (Å²) in [6.45, 7) is 0.920. The van der Waals surface area contributed by atoms with E-state index >= 15 is 0 Å². The van der Waals surface area contributed by atoms with Crippen LogP contribution in [0.3, 0.4) is 0 Å². The number of anilines is 2. The molecule has 0 radical (unpaired) electrons. The Bertz CT molecular complexity index is 1240. The van der Waals surface area contributed by atoms with Gasteiger partial charge in [-0.2, -0.15) is 0 Å². The van der Waals surface area contributed by atoms with Crippen LogP contribution in [0.2, 0.25) is 0 Å². The number of amides is 5. The second-order valence-electron chi connectivity index (χ2n) is 9.62. The number of benzene rings is 2. The molecule has 34 heavy (non-hydrogen) atoms. The third-order valence-corrected chi connectivity index (χ3v) is 7.60. The van der Waals surface area contributed by atoms with Gasteiger partial charge in [0, 0.05) is 36.4 Å². The maximum Gasteiger partial charge on any atom is 0.326 e. The van der Waals surface area contributed by atoms with Crippen molar-refractivity contribution in [2.75, 3.05) is 16.8 Å². The van der Waals surface area contributed by atoms with Crippen molar-refractivity contribution in [2.45, 2.75) is 57.0 Å². The highest BCUT2D eigenvalue weighted by Gasteiger charge is 2.39. The topological polar surface area (TPSA) is 98.8 Å². The maximum absolute atomic E-state index is 13.1. The summed E-state index contributed by atoms with van der Waals surface area (Å²) in [7, 11) is 0. The number of carbonyl (C=O) groups excluding carboxylic acids is 4.